The van der Waals surface area contributed by atoms with Gasteiger partial charge in [-0.25, -0.2) is 4.79 Å². The van der Waals surface area contributed by atoms with Crippen LogP contribution >= 0.6 is 0 Å². The molecule has 1 aliphatic carbocycles. The first-order valence-corrected chi connectivity index (χ1v) is 7.16. The Morgan fingerprint density at radius 3 is 2.75 bits per heavy atom. The molecule has 1 aromatic rings. The molecule has 110 valence electrons. The van der Waals surface area contributed by atoms with Crippen LogP contribution in [0, 0.1) is 0 Å². The number of urea groups is 1. The zero-order valence-electron chi connectivity index (χ0n) is 11.6. The highest BCUT2D eigenvalue weighted by atomic mass is 16.5. The highest BCUT2D eigenvalue weighted by Gasteiger charge is 2.17. The Kier molecular flexibility index (Phi) is 5.68. The molecule has 0 unspecified atom stereocenters. The number of nitrogens with one attached hydrogen (secondary N) is 2. The molecule has 20 heavy (non-hydrogen) atoms. The fourth-order valence-corrected chi connectivity index (χ4v) is 2.36. The normalized spacial score (nSPS) is 15.1. The van der Waals surface area contributed by atoms with Crippen LogP contribution in [-0.4, -0.2) is 30.4 Å². The minimum atomic E-state index is -0.283. The van der Waals surface area contributed by atoms with Gasteiger partial charge in [-0.15, -0.1) is 0 Å². The number of hydrogen-bond acceptors (Lipinski definition) is 3. The van der Waals surface area contributed by atoms with Gasteiger partial charge >= 0.3 is 6.03 Å². The number of hydrogen-bond donors (Lipinski definition) is 3. The van der Waals surface area contributed by atoms with Crippen molar-refractivity contribution in [3.63, 3.8) is 0 Å². The van der Waals surface area contributed by atoms with Crippen LogP contribution in [0.2, 0.25) is 0 Å². The van der Waals surface area contributed by atoms with E-state index in [1.165, 1.54) is 12.8 Å². The molecular formula is C15H22N2O3. The maximum atomic E-state index is 11.5. The average Bonchev–Trinajstić information content (AvgIpc) is 2.97. The quantitative estimate of drug-likeness (QED) is 0.743. The number of benzene rings is 1. The molecule has 1 fully saturated rings. The number of para-hydroxylation sites is 1. The molecule has 0 spiro atoms. The summed E-state index contributed by atoms with van der Waals surface area (Å²) in [7, 11) is 0. The second kappa shape index (κ2) is 7.75. The molecule has 1 aliphatic rings. The highest BCUT2D eigenvalue weighted by molar-refractivity contribution is 5.73. The summed E-state index contributed by atoms with van der Waals surface area (Å²) in [6, 6.07) is 7.50. The summed E-state index contributed by atoms with van der Waals surface area (Å²) in [5.74, 6) is 0.849. The summed E-state index contributed by atoms with van der Waals surface area (Å²) in [5, 5.41) is 14.0. The van der Waals surface area contributed by atoms with Gasteiger partial charge in [0.15, 0.2) is 0 Å². The fourth-order valence-electron chi connectivity index (χ4n) is 2.36. The first-order valence-electron chi connectivity index (χ1n) is 7.16. The van der Waals surface area contributed by atoms with E-state index in [2.05, 4.69) is 10.6 Å². The molecule has 5 nitrogen and oxygen atoms in total. The molecule has 0 aliphatic heterocycles. The Morgan fingerprint density at radius 2 is 2.00 bits per heavy atom. The van der Waals surface area contributed by atoms with Gasteiger partial charge in [-0.2, -0.15) is 0 Å². The molecule has 0 heterocycles. The molecule has 1 aromatic carbocycles. The maximum Gasteiger partial charge on any atom is 0.315 e. The zero-order chi connectivity index (χ0) is 14.2. The van der Waals surface area contributed by atoms with Crippen molar-refractivity contribution in [3.8, 4) is 5.75 Å². The van der Waals surface area contributed by atoms with E-state index in [1.807, 2.05) is 24.3 Å². The lowest BCUT2D eigenvalue weighted by Gasteiger charge is -2.16. The van der Waals surface area contributed by atoms with Gasteiger partial charge in [-0.3, -0.25) is 0 Å². The van der Waals surface area contributed by atoms with Crippen LogP contribution in [0.3, 0.4) is 0 Å². The molecule has 0 atom stereocenters. The number of carbonyl (C=O) groups is 1. The van der Waals surface area contributed by atoms with E-state index in [4.69, 9.17) is 9.84 Å². The molecule has 0 radical (unpaired) electrons. The molecule has 2 rings (SSSR count). The molecule has 2 amide bonds. The van der Waals surface area contributed by atoms with Crippen LogP contribution in [0.25, 0.3) is 0 Å². The van der Waals surface area contributed by atoms with E-state index in [-0.39, 0.29) is 19.2 Å². The van der Waals surface area contributed by atoms with Crippen molar-refractivity contribution in [2.75, 3.05) is 13.2 Å². The van der Waals surface area contributed by atoms with Crippen molar-refractivity contribution in [2.45, 2.75) is 38.3 Å². The van der Waals surface area contributed by atoms with Crippen LogP contribution in [0.4, 0.5) is 4.79 Å². The van der Waals surface area contributed by atoms with Crippen LogP contribution in [0.5, 0.6) is 5.75 Å². The van der Waals surface area contributed by atoms with E-state index in [1.54, 1.807) is 0 Å². The highest BCUT2D eigenvalue weighted by Crippen LogP contribution is 2.26. The maximum absolute atomic E-state index is 11.5. The molecule has 0 saturated heterocycles. The number of amides is 2. The molecule has 1 saturated carbocycles. The minimum Gasteiger partial charge on any atom is -0.490 e. The van der Waals surface area contributed by atoms with Crippen molar-refractivity contribution in [1.29, 1.82) is 0 Å². The topological polar surface area (TPSA) is 70.6 Å². The van der Waals surface area contributed by atoms with Crippen molar-refractivity contribution in [1.82, 2.24) is 10.6 Å². The largest absolute Gasteiger partial charge is 0.490 e. The Labute approximate surface area is 119 Å². The van der Waals surface area contributed by atoms with Gasteiger partial charge in [0.1, 0.15) is 5.75 Å². The second-order valence-electron chi connectivity index (χ2n) is 4.97. The lowest BCUT2D eigenvalue weighted by atomic mass is 10.2. The Morgan fingerprint density at radius 1 is 1.25 bits per heavy atom. The number of carbonyl (C=O) groups excluding carboxylic acids is 1. The van der Waals surface area contributed by atoms with Gasteiger partial charge < -0.3 is 20.5 Å². The summed E-state index contributed by atoms with van der Waals surface area (Å²) in [4.78, 5) is 11.5. The van der Waals surface area contributed by atoms with E-state index in [0.29, 0.717) is 12.6 Å². The summed E-state index contributed by atoms with van der Waals surface area (Å²) in [6.45, 7) is 0.612. The third-order valence-electron chi connectivity index (χ3n) is 3.41. The molecule has 5 heteroatoms. The summed E-state index contributed by atoms with van der Waals surface area (Å²) in [6.07, 6.45) is 4.99. The third kappa shape index (κ3) is 4.42. The second-order valence-corrected chi connectivity index (χ2v) is 4.97. The van der Waals surface area contributed by atoms with Crippen molar-refractivity contribution >= 4 is 6.03 Å². The SMILES string of the molecule is O=C(NCCO)NCc1ccccc1OC1CCCC1. The molecule has 0 bridgehead atoms. The van der Waals surface area contributed by atoms with E-state index in [0.717, 1.165) is 24.2 Å². The lowest BCUT2D eigenvalue weighted by molar-refractivity contribution is 0.207. The van der Waals surface area contributed by atoms with Crippen LogP contribution in [0.1, 0.15) is 31.2 Å². The zero-order valence-corrected chi connectivity index (χ0v) is 11.6. The van der Waals surface area contributed by atoms with Crippen LogP contribution in [-0.2, 0) is 6.54 Å². The predicted octanol–water partition coefficient (Wildman–Crippen LogP) is 1.80. The van der Waals surface area contributed by atoms with Gasteiger partial charge in [0, 0.05) is 18.7 Å². The number of aliphatic hydroxyl groups is 1. The van der Waals surface area contributed by atoms with E-state index in [9.17, 15) is 4.79 Å². The third-order valence-corrected chi connectivity index (χ3v) is 3.41. The van der Waals surface area contributed by atoms with E-state index >= 15 is 0 Å². The smallest absolute Gasteiger partial charge is 0.315 e. The first kappa shape index (κ1) is 14.7. The van der Waals surface area contributed by atoms with E-state index < -0.39 is 0 Å². The average molecular weight is 278 g/mol. The van der Waals surface area contributed by atoms with Crippen LogP contribution < -0.4 is 15.4 Å². The summed E-state index contributed by atoms with van der Waals surface area (Å²) in [5.41, 5.74) is 0.971. The van der Waals surface area contributed by atoms with Crippen molar-refractivity contribution < 1.29 is 14.6 Å². The van der Waals surface area contributed by atoms with Gasteiger partial charge in [-0.05, 0) is 31.7 Å². The van der Waals surface area contributed by atoms with Crippen molar-refractivity contribution in [3.05, 3.63) is 29.8 Å². The Hall–Kier alpha value is -1.75. The molecule has 3 N–H and O–H groups in total. The van der Waals surface area contributed by atoms with Crippen molar-refractivity contribution in [2.24, 2.45) is 0 Å². The molecular weight excluding hydrogens is 256 g/mol. The minimum absolute atomic E-state index is 0.0607. The Balaban J connectivity index is 1.88. The summed E-state index contributed by atoms with van der Waals surface area (Å²) >= 11 is 0. The first-order chi connectivity index (χ1) is 9.79. The molecule has 0 aromatic heterocycles. The standard InChI is InChI=1S/C15H22N2O3/c18-10-9-16-15(19)17-11-12-5-1-4-8-14(12)20-13-6-2-3-7-13/h1,4-5,8,13,18H,2-3,6-7,9-11H2,(H2,16,17,19). The van der Waals surface area contributed by atoms with Gasteiger partial charge in [0.25, 0.3) is 0 Å². The number of aliphatic hydroxyl groups excluding tert-OH is 1. The number of rotatable bonds is 6. The van der Waals surface area contributed by atoms with Gasteiger partial charge in [0.05, 0.1) is 12.7 Å². The van der Waals surface area contributed by atoms with Crippen LogP contribution in [0.15, 0.2) is 24.3 Å². The summed E-state index contributed by atoms with van der Waals surface area (Å²) < 4.78 is 6.01. The Bertz CT molecular complexity index is 431. The van der Waals surface area contributed by atoms with Gasteiger partial charge in [-0.1, -0.05) is 18.2 Å². The number of ether oxygens (including phenoxy) is 1. The lowest BCUT2D eigenvalue weighted by Crippen LogP contribution is -2.36. The monoisotopic (exact) mass is 278 g/mol. The van der Waals surface area contributed by atoms with Gasteiger partial charge in [0.2, 0.25) is 0 Å². The predicted molar refractivity (Wildman–Crippen MR) is 76.7 cm³/mol. The fraction of sp³-hybridized carbons (Fsp3) is 0.533.